The Morgan fingerprint density at radius 3 is 3.08 bits per heavy atom. The first-order chi connectivity index (χ1) is 5.72. The van der Waals surface area contributed by atoms with Crippen molar-refractivity contribution in [2.24, 2.45) is 0 Å². The molecular weight excluding hydrogens is 154 g/mol. The van der Waals surface area contributed by atoms with Gasteiger partial charge in [-0.25, -0.2) is 4.79 Å². The fourth-order valence-corrected chi connectivity index (χ4v) is 1.42. The van der Waals surface area contributed by atoms with Gasteiger partial charge in [0.1, 0.15) is 6.10 Å². The molecule has 0 saturated heterocycles. The molecule has 0 aromatic rings. The summed E-state index contributed by atoms with van der Waals surface area (Å²) in [7, 11) is 1.57. The van der Waals surface area contributed by atoms with E-state index in [0.717, 1.165) is 25.7 Å². The van der Waals surface area contributed by atoms with Gasteiger partial charge in [0.05, 0.1) is 0 Å². The fraction of sp³-hybridized carbons (Fsp3) is 0.667. The molecule has 1 unspecified atom stereocenters. The van der Waals surface area contributed by atoms with Crippen LogP contribution in [0.25, 0.3) is 0 Å². The van der Waals surface area contributed by atoms with E-state index >= 15 is 0 Å². The molecule has 1 rings (SSSR count). The summed E-state index contributed by atoms with van der Waals surface area (Å²) in [5, 5.41) is 2.44. The van der Waals surface area contributed by atoms with Gasteiger partial charge in [0.25, 0.3) is 0 Å². The first kappa shape index (κ1) is 9.10. The number of amides is 1. The van der Waals surface area contributed by atoms with Gasteiger partial charge in [-0.1, -0.05) is 12.2 Å². The zero-order valence-corrected chi connectivity index (χ0v) is 7.43. The lowest BCUT2D eigenvalue weighted by Crippen LogP contribution is -2.27. The van der Waals surface area contributed by atoms with Crippen LogP contribution in [0.5, 0.6) is 0 Å². The van der Waals surface area contributed by atoms with Gasteiger partial charge < -0.3 is 10.1 Å². The third-order valence-corrected chi connectivity index (χ3v) is 2.05. The average Bonchev–Trinajstić information content (AvgIpc) is 2.04. The molecule has 0 bridgehead atoms. The van der Waals surface area contributed by atoms with Gasteiger partial charge in [-0.15, -0.1) is 0 Å². The van der Waals surface area contributed by atoms with Gasteiger partial charge in [-0.2, -0.15) is 0 Å². The van der Waals surface area contributed by atoms with Crippen LogP contribution in [0.15, 0.2) is 12.2 Å². The van der Waals surface area contributed by atoms with Crippen LogP contribution in [0.4, 0.5) is 4.79 Å². The second kappa shape index (κ2) is 4.14. The summed E-state index contributed by atoms with van der Waals surface area (Å²) in [5.41, 5.74) is 1.19. The molecule has 3 heteroatoms. The Bertz CT molecular complexity index is 189. The summed E-state index contributed by atoms with van der Waals surface area (Å²) in [4.78, 5) is 10.8. The minimum atomic E-state index is -0.338. The molecule has 0 spiro atoms. The summed E-state index contributed by atoms with van der Waals surface area (Å²) in [5.74, 6) is 0. The minimum absolute atomic E-state index is 0.0474. The van der Waals surface area contributed by atoms with Gasteiger partial charge in [-0.05, 0) is 19.3 Å². The number of hydrogen-bond donors (Lipinski definition) is 1. The van der Waals surface area contributed by atoms with E-state index in [1.165, 1.54) is 5.57 Å². The summed E-state index contributed by atoms with van der Waals surface area (Å²) in [6, 6.07) is 0. The maximum absolute atomic E-state index is 10.8. The molecule has 0 heterocycles. The van der Waals surface area contributed by atoms with Crippen molar-refractivity contribution in [2.75, 3.05) is 7.05 Å². The third-order valence-electron chi connectivity index (χ3n) is 2.05. The predicted octanol–water partition coefficient (Wildman–Crippen LogP) is 1.84. The molecule has 1 saturated carbocycles. The maximum Gasteiger partial charge on any atom is 0.407 e. The molecule has 12 heavy (non-hydrogen) atoms. The molecule has 1 atom stereocenters. The molecule has 0 aromatic carbocycles. The van der Waals surface area contributed by atoms with E-state index in [0.29, 0.717) is 0 Å². The number of rotatable bonds is 1. The van der Waals surface area contributed by atoms with Crippen LogP contribution >= 0.6 is 0 Å². The van der Waals surface area contributed by atoms with Crippen molar-refractivity contribution in [1.29, 1.82) is 0 Å². The third kappa shape index (κ3) is 2.57. The van der Waals surface area contributed by atoms with E-state index < -0.39 is 0 Å². The standard InChI is InChI=1S/C9H15NO2/c1-7-4-3-5-8(6-7)12-9(11)10-2/h8H,1,3-6H2,2H3,(H,10,11). The van der Waals surface area contributed by atoms with Crippen LogP contribution in [-0.4, -0.2) is 19.2 Å². The van der Waals surface area contributed by atoms with E-state index in [1.807, 2.05) is 0 Å². The van der Waals surface area contributed by atoms with Gasteiger partial charge in [0.15, 0.2) is 0 Å². The molecule has 1 fully saturated rings. The summed E-state index contributed by atoms with van der Waals surface area (Å²) in [6.45, 7) is 3.89. The second-order valence-electron chi connectivity index (χ2n) is 3.12. The monoisotopic (exact) mass is 169 g/mol. The lowest BCUT2D eigenvalue weighted by atomic mass is 9.94. The van der Waals surface area contributed by atoms with Crippen molar-refractivity contribution in [3.05, 3.63) is 12.2 Å². The topological polar surface area (TPSA) is 38.3 Å². The van der Waals surface area contributed by atoms with Crippen molar-refractivity contribution in [1.82, 2.24) is 5.32 Å². The molecule has 0 aromatic heterocycles. The van der Waals surface area contributed by atoms with Crippen LogP contribution < -0.4 is 5.32 Å². The van der Waals surface area contributed by atoms with Gasteiger partial charge >= 0.3 is 6.09 Å². The smallest absolute Gasteiger partial charge is 0.407 e. The Hall–Kier alpha value is -0.990. The van der Waals surface area contributed by atoms with Crippen LogP contribution in [0.1, 0.15) is 25.7 Å². The number of hydrogen-bond acceptors (Lipinski definition) is 2. The lowest BCUT2D eigenvalue weighted by molar-refractivity contribution is 0.0871. The van der Waals surface area contributed by atoms with E-state index in [-0.39, 0.29) is 12.2 Å². The molecule has 1 aliphatic carbocycles. The number of nitrogens with one attached hydrogen (secondary N) is 1. The number of carbonyl (C=O) groups is 1. The molecular formula is C9H15NO2. The normalized spacial score (nSPS) is 23.4. The quantitative estimate of drug-likeness (QED) is 0.608. The van der Waals surface area contributed by atoms with E-state index in [9.17, 15) is 4.79 Å². The van der Waals surface area contributed by atoms with Crippen molar-refractivity contribution in [3.8, 4) is 0 Å². The number of ether oxygens (including phenoxy) is 1. The van der Waals surface area contributed by atoms with Crippen LogP contribution in [0.3, 0.4) is 0 Å². The van der Waals surface area contributed by atoms with Crippen LogP contribution in [0, 0.1) is 0 Å². The van der Waals surface area contributed by atoms with Gasteiger partial charge in [0, 0.05) is 13.5 Å². The highest BCUT2D eigenvalue weighted by atomic mass is 16.6. The number of carbonyl (C=O) groups excluding carboxylic acids is 1. The van der Waals surface area contributed by atoms with Crippen molar-refractivity contribution in [3.63, 3.8) is 0 Å². The van der Waals surface area contributed by atoms with Crippen LogP contribution in [-0.2, 0) is 4.74 Å². The summed E-state index contributed by atoms with van der Waals surface area (Å²) < 4.78 is 5.10. The highest BCUT2D eigenvalue weighted by Gasteiger charge is 2.18. The largest absolute Gasteiger partial charge is 0.446 e. The van der Waals surface area contributed by atoms with Crippen molar-refractivity contribution in [2.45, 2.75) is 31.8 Å². The van der Waals surface area contributed by atoms with Crippen molar-refractivity contribution < 1.29 is 9.53 Å². The molecule has 3 nitrogen and oxygen atoms in total. The SMILES string of the molecule is C=C1CCCC(OC(=O)NC)C1. The Morgan fingerprint density at radius 2 is 2.50 bits per heavy atom. The second-order valence-corrected chi connectivity index (χ2v) is 3.12. The molecule has 0 aliphatic heterocycles. The van der Waals surface area contributed by atoms with Crippen LogP contribution in [0.2, 0.25) is 0 Å². The minimum Gasteiger partial charge on any atom is -0.446 e. The number of alkyl carbamates (subject to hydrolysis) is 1. The Balaban J connectivity index is 2.32. The Kier molecular flexibility index (Phi) is 3.14. The lowest BCUT2D eigenvalue weighted by Gasteiger charge is -2.23. The highest BCUT2D eigenvalue weighted by molar-refractivity contribution is 5.66. The van der Waals surface area contributed by atoms with E-state index in [2.05, 4.69) is 11.9 Å². The zero-order valence-electron chi connectivity index (χ0n) is 7.43. The van der Waals surface area contributed by atoms with E-state index in [1.54, 1.807) is 7.05 Å². The molecule has 1 amide bonds. The first-order valence-electron chi connectivity index (χ1n) is 4.27. The molecule has 1 N–H and O–H groups in total. The van der Waals surface area contributed by atoms with Crippen molar-refractivity contribution >= 4 is 6.09 Å². The maximum atomic E-state index is 10.8. The Labute approximate surface area is 72.8 Å². The molecule has 68 valence electrons. The van der Waals surface area contributed by atoms with E-state index in [4.69, 9.17) is 4.74 Å². The fourth-order valence-electron chi connectivity index (χ4n) is 1.42. The Morgan fingerprint density at radius 1 is 1.75 bits per heavy atom. The summed E-state index contributed by atoms with van der Waals surface area (Å²) in [6.07, 6.45) is 3.66. The molecule has 0 radical (unpaired) electrons. The first-order valence-corrected chi connectivity index (χ1v) is 4.27. The van der Waals surface area contributed by atoms with Gasteiger partial charge in [-0.3, -0.25) is 0 Å². The zero-order chi connectivity index (χ0) is 8.97. The average molecular weight is 169 g/mol. The predicted molar refractivity (Wildman–Crippen MR) is 46.9 cm³/mol. The van der Waals surface area contributed by atoms with Gasteiger partial charge in [0.2, 0.25) is 0 Å². The molecule has 1 aliphatic rings. The summed E-state index contributed by atoms with van der Waals surface area (Å²) >= 11 is 0. The highest BCUT2D eigenvalue weighted by Crippen LogP contribution is 2.23.